The van der Waals surface area contributed by atoms with Crippen molar-refractivity contribution in [1.82, 2.24) is 24.3 Å². The number of carbonyl (C=O) groups is 1. The molecule has 6 rings (SSSR count). The summed E-state index contributed by atoms with van der Waals surface area (Å²) in [6, 6.07) is 3.97. The molecule has 2 saturated carbocycles. The van der Waals surface area contributed by atoms with E-state index in [0.29, 0.717) is 5.69 Å². The lowest BCUT2D eigenvalue weighted by molar-refractivity contribution is 0.0833. The standard InChI is InChI=1S/C26H31N7O3S/c1-25(9-10-25)29-37(35,36)20-5-6-22-21(13-20)23(34)32(17-18-14-28-31(4)16-18)24-27-15-19(33(22)24)7-8-26(11-12-26)30(2)3/h5-6,13-14,16,19,29H,9-12,15,17H2,1-4H3/i17D2. The second kappa shape index (κ2) is 8.15. The van der Waals surface area contributed by atoms with E-state index in [1.54, 1.807) is 18.0 Å². The molecule has 4 aliphatic rings. The summed E-state index contributed by atoms with van der Waals surface area (Å²) >= 11 is 0. The minimum absolute atomic E-state index is 0.0450. The summed E-state index contributed by atoms with van der Waals surface area (Å²) in [5, 5.41) is 4.08. The van der Waals surface area contributed by atoms with Gasteiger partial charge in [0, 0.05) is 24.3 Å². The molecule has 1 aromatic heterocycles. The van der Waals surface area contributed by atoms with Crippen LogP contribution in [0, 0.1) is 11.8 Å². The summed E-state index contributed by atoms with van der Waals surface area (Å²) in [5.41, 5.74) is 0.0381. The maximum absolute atomic E-state index is 14.0. The van der Waals surface area contributed by atoms with Gasteiger partial charge in [0.05, 0.1) is 43.7 Å². The summed E-state index contributed by atoms with van der Waals surface area (Å²) in [5.74, 6) is 6.19. The Morgan fingerprint density at radius 3 is 2.65 bits per heavy atom. The fourth-order valence-electron chi connectivity index (χ4n) is 4.71. The van der Waals surface area contributed by atoms with Gasteiger partial charge in [-0.3, -0.25) is 24.2 Å². The zero-order valence-electron chi connectivity index (χ0n) is 23.3. The minimum atomic E-state index is -3.89. The van der Waals surface area contributed by atoms with E-state index in [1.165, 1.54) is 29.2 Å². The lowest BCUT2D eigenvalue weighted by Gasteiger charge is -2.37. The van der Waals surface area contributed by atoms with Crippen LogP contribution in [0.25, 0.3) is 0 Å². The quantitative estimate of drug-likeness (QED) is 0.577. The number of nitrogens with one attached hydrogen (secondary N) is 1. The predicted molar refractivity (Wildman–Crippen MR) is 139 cm³/mol. The lowest BCUT2D eigenvalue weighted by atomic mass is 10.1. The minimum Gasteiger partial charge on any atom is -0.295 e. The molecule has 0 radical (unpaired) electrons. The third kappa shape index (κ3) is 4.23. The van der Waals surface area contributed by atoms with Gasteiger partial charge in [-0.15, -0.1) is 0 Å². The molecular formula is C26H31N7O3S. The molecule has 0 saturated heterocycles. The molecule has 10 nitrogen and oxygen atoms in total. The molecule has 1 aromatic carbocycles. The highest BCUT2D eigenvalue weighted by Crippen LogP contribution is 2.40. The molecule has 37 heavy (non-hydrogen) atoms. The van der Waals surface area contributed by atoms with Crippen LogP contribution in [-0.4, -0.2) is 77.6 Å². The first-order chi connectivity index (χ1) is 18.3. The lowest BCUT2D eigenvalue weighted by Crippen LogP contribution is -2.52. The SMILES string of the molecule is [2H]C([2H])(c1cnn(C)c1)N1C(=O)c2cc(S(=O)(=O)NC3(C)CC3)ccc2N2C1=NCC2C#CC1(N(C)C)CC1. The van der Waals surface area contributed by atoms with Gasteiger partial charge in [-0.05, 0) is 64.9 Å². The number of anilines is 1. The Morgan fingerprint density at radius 2 is 2.03 bits per heavy atom. The highest BCUT2D eigenvalue weighted by molar-refractivity contribution is 7.89. The van der Waals surface area contributed by atoms with Crippen molar-refractivity contribution in [1.29, 1.82) is 0 Å². The number of hydrogen-bond acceptors (Lipinski definition) is 7. The fourth-order valence-corrected chi connectivity index (χ4v) is 6.20. The molecule has 2 aliphatic heterocycles. The Kier molecular flexibility index (Phi) is 4.81. The second-order valence-electron chi connectivity index (χ2n) is 10.7. The average molecular weight is 524 g/mol. The number of benzene rings is 1. The topological polar surface area (TPSA) is 103 Å². The molecule has 2 fully saturated rings. The van der Waals surface area contributed by atoms with E-state index in [9.17, 15) is 13.2 Å². The van der Waals surface area contributed by atoms with Crippen molar-refractivity contribution in [3.05, 3.63) is 41.7 Å². The Labute approximate surface area is 220 Å². The fraction of sp³-hybridized carbons (Fsp3) is 0.500. The van der Waals surface area contributed by atoms with Crippen LogP contribution in [0.4, 0.5) is 5.69 Å². The van der Waals surface area contributed by atoms with Crippen LogP contribution in [0.2, 0.25) is 0 Å². The van der Waals surface area contributed by atoms with Gasteiger partial charge in [-0.1, -0.05) is 11.8 Å². The summed E-state index contributed by atoms with van der Waals surface area (Å²) in [7, 11) is 1.77. The van der Waals surface area contributed by atoms with Gasteiger partial charge in [-0.25, -0.2) is 18.1 Å². The van der Waals surface area contributed by atoms with Crippen LogP contribution in [0.5, 0.6) is 0 Å². The molecule has 2 aliphatic carbocycles. The van der Waals surface area contributed by atoms with Gasteiger partial charge >= 0.3 is 0 Å². The molecule has 2 aromatic rings. The molecular weight excluding hydrogens is 490 g/mol. The number of guanidine groups is 1. The van der Waals surface area contributed by atoms with Crippen LogP contribution in [-0.2, 0) is 23.6 Å². The summed E-state index contributed by atoms with van der Waals surface area (Å²) < 4.78 is 48.5. The van der Waals surface area contributed by atoms with E-state index < -0.39 is 34.0 Å². The van der Waals surface area contributed by atoms with E-state index in [2.05, 4.69) is 31.6 Å². The molecule has 1 atom stereocenters. The largest absolute Gasteiger partial charge is 0.295 e. The van der Waals surface area contributed by atoms with Crippen molar-refractivity contribution in [2.75, 3.05) is 25.5 Å². The van der Waals surface area contributed by atoms with Crippen molar-refractivity contribution >= 4 is 27.6 Å². The van der Waals surface area contributed by atoms with Crippen molar-refractivity contribution in [2.45, 2.75) is 61.1 Å². The monoisotopic (exact) mass is 523 g/mol. The van der Waals surface area contributed by atoms with Gasteiger partial charge < -0.3 is 0 Å². The van der Waals surface area contributed by atoms with Crippen molar-refractivity contribution in [3.8, 4) is 11.8 Å². The Morgan fingerprint density at radius 1 is 1.27 bits per heavy atom. The first-order valence-electron chi connectivity index (χ1n) is 13.3. The number of aromatic nitrogens is 2. The van der Waals surface area contributed by atoms with E-state index in [4.69, 9.17) is 2.74 Å². The molecule has 3 heterocycles. The first-order valence-corrected chi connectivity index (χ1v) is 13.8. The molecule has 0 bridgehead atoms. The summed E-state index contributed by atoms with van der Waals surface area (Å²) in [4.78, 5) is 23.4. The zero-order chi connectivity index (χ0) is 28.0. The van der Waals surface area contributed by atoms with E-state index in [0.717, 1.165) is 30.6 Å². The van der Waals surface area contributed by atoms with E-state index in [-0.39, 0.29) is 34.1 Å². The van der Waals surface area contributed by atoms with Gasteiger partial charge in [0.25, 0.3) is 5.91 Å². The maximum Gasteiger partial charge on any atom is 0.263 e. The Hall–Kier alpha value is -3.20. The van der Waals surface area contributed by atoms with Crippen LogP contribution in [0.15, 0.2) is 40.5 Å². The number of aliphatic imine (C=N–C) groups is 1. The smallest absolute Gasteiger partial charge is 0.263 e. The van der Waals surface area contributed by atoms with E-state index >= 15 is 0 Å². The average Bonchev–Trinajstić information content (AvgIpc) is 3.71. The summed E-state index contributed by atoms with van der Waals surface area (Å²) in [6.45, 7) is -0.217. The molecule has 194 valence electrons. The third-order valence-corrected chi connectivity index (χ3v) is 9.12. The number of amides is 1. The van der Waals surface area contributed by atoms with Gasteiger partial charge in [-0.2, -0.15) is 5.10 Å². The maximum atomic E-state index is 14.0. The number of hydrogen-bond donors (Lipinski definition) is 1. The normalized spacial score (nSPS) is 24.0. The second-order valence-corrected chi connectivity index (χ2v) is 12.4. The van der Waals surface area contributed by atoms with E-state index in [1.807, 2.05) is 21.0 Å². The Balaban J connectivity index is 1.46. The molecule has 1 N–H and O–H groups in total. The molecule has 11 heteroatoms. The van der Waals surface area contributed by atoms with Crippen LogP contribution in [0.3, 0.4) is 0 Å². The third-order valence-electron chi connectivity index (χ3n) is 7.48. The predicted octanol–water partition coefficient (Wildman–Crippen LogP) is 1.55. The molecule has 0 spiro atoms. The number of aryl methyl sites for hydroxylation is 1. The summed E-state index contributed by atoms with van der Waals surface area (Å²) in [6.07, 6.45) is 6.30. The van der Waals surface area contributed by atoms with Crippen molar-refractivity contribution < 1.29 is 16.0 Å². The van der Waals surface area contributed by atoms with Crippen LogP contribution >= 0.6 is 0 Å². The zero-order valence-corrected chi connectivity index (χ0v) is 22.1. The van der Waals surface area contributed by atoms with Crippen LogP contribution in [0.1, 0.15) is 51.3 Å². The number of carbonyl (C=O) groups excluding carboxylic acids is 1. The first kappa shape index (κ1) is 21.8. The number of fused-ring (bicyclic) bond motifs is 3. The van der Waals surface area contributed by atoms with Crippen molar-refractivity contribution in [3.63, 3.8) is 0 Å². The number of rotatable bonds is 6. The van der Waals surface area contributed by atoms with Gasteiger partial charge in [0.1, 0.15) is 6.04 Å². The number of sulfonamides is 1. The van der Waals surface area contributed by atoms with Crippen molar-refractivity contribution in [2.24, 2.45) is 12.0 Å². The Bertz CT molecular complexity index is 1580. The van der Waals surface area contributed by atoms with Gasteiger partial charge in [0.15, 0.2) is 0 Å². The molecule has 1 amide bonds. The highest BCUT2D eigenvalue weighted by atomic mass is 32.2. The highest BCUT2D eigenvalue weighted by Gasteiger charge is 2.46. The van der Waals surface area contributed by atoms with Gasteiger partial charge in [0.2, 0.25) is 16.0 Å². The van der Waals surface area contributed by atoms with Crippen LogP contribution < -0.4 is 9.62 Å². The molecule has 1 unspecified atom stereocenters. The number of nitrogens with zero attached hydrogens (tertiary/aromatic N) is 6.